The van der Waals surface area contributed by atoms with Crippen molar-refractivity contribution >= 4 is 42.4 Å². The van der Waals surface area contributed by atoms with Gasteiger partial charge in [0.15, 0.2) is 13.3 Å². The highest BCUT2D eigenvalue weighted by atomic mass is 32.1. The Bertz CT molecular complexity index is 2270. The fourth-order valence-electron chi connectivity index (χ4n) is 7.74. The average Bonchev–Trinajstić information content (AvgIpc) is 3.71. The molecule has 2 saturated heterocycles. The summed E-state index contributed by atoms with van der Waals surface area (Å²) >= 11 is 1.41. The van der Waals surface area contributed by atoms with Crippen LogP contribution in [0.5, 0.6) is 5.75 Å². The standard InChI is InChI=1S/C47H64N6O7SSi/c1-8-9-42-49-38(32-61-42)45(57)53-26-29-59-47(33-53)20-23-52(24-21-47)31-35-12-10-34(11-13-35)18-27-58-28-19-43(56)51(5)25-22-48-30-40(60-62(6,7)46(2,3)4)36-14-16-39(54)44-37(36)15-17-41(55)50-44/h10-17,32,40,48,54H,18-31,33H2,1-7H3,(H,50,55)/t40-/m0/s1. The zero-order valence-corrected chi connectivity index (χ0v) is 39.3. The molecule has 4 heterocycles. The van der Waals surface area contributed by atoms with Crippen molar-refractivity contribution in [3.8, 4) is 17.6 Å². The van der Waals surface area contributed by atoms with E-state index >= 15 is 0 Å². The van der Waals surface area contributed by atoms with E-state index in [4.69, 9.17) is 13.9 Å². The number of nitrogens with zero attached hydrogens (tertiary/aromatic N) is 4. The van der Waals surface area contributed by atoms with Crippen LogP contribution in [0.15, 0.2) is 58.7 Å². The first kappa shape index (κ1) is 47.1. The Labute approximate surface area is 371 Å². The molecular weight excluding hydrogens is 821 g/mol. The van der Waals surface area contributed by atoms with Crippen molar-refractivity contribution in [2.24, 2.45) is 0 Å². The number of likely N-dealkylation sites (N-methyl/N-ethyl adjacent to an activating group) is 1. The molecule has 3 N–H and O–H groups in total. The molecule has 2 aromatic heterocycles. The number of aromatic amines is 1. The third-order valence-electron chi connectivity index (χ3n) is 12.6. The minimum atomic E-state index is -2.21. The van der Waals surface area contributed by atoms with Crippen LogP contribution in [-0.4, -0.2) is 128 Å². The zero-order chi connectivity index (χ0) is 44.5. The number of phenolic OH excluding ortho intramolecular Hbond substituents is 1. The Morgan fingerprint density at radius 2 is 1.82 bits per heavy atom. The summed E-state index contributed by atoms with van der Waals surface area (Å²) in [5, 5.41) is 17.2. The van der Waals surface area contributed by atoms with E-state index in [-0.39, 0.29) is 39.9 Å². The molecule has 4 aromatic rings. The number of piperidine rings is 1. The van der Waals surface area contributed by atoms with Crippen molar-refractivity contribution in [3.63, 3.8) is 0 Å². The molecule has 2 amide bonds. The molecule has 0 saturated carbocycles. The lowest BCUT2D eigenvalue weighted by molar-refractivity contribution is -0.131. The molecule has 62 heavy (non-hydrogen) atoms. The SMILES string of the molecule is CC#Cc1nc(C(=O)N2CCOC3(CCN(Cc4ccc(CCOCCC(=O)N(C)CCNC[C@H](O[Si](C)(C)C(C)(C)C)c5ccc(O)c6[nH]c(=O)ccc56)cc4)CC3)C2)cs1. The Balaban J connectivity index is 0.879. The fraction of sp³-hybridized carbons (Fsp3) is 0.532. The van der Waals surface area contributed by atoms with Gasteiger partial charge >= 0.3 is 0 Å². The maximum Gasteiger partial charge on any atom is 0.273 e. The van der Waals surface area contributed by atoms with Gasteiger partial charge in [0.25, 0.3) is 5.91 Å². The zero-order valence-electron chi connectivity index (χ0n) is 37.5. The van der Waals surface area contributed by atoms with Crippen LogP contribution in [0.2, 0.25) is 18.1 Å². The molecule has 2 aromatic carbocycles. The van der Waals surface area contributed by atoms with Gasteiger partial charge in [0.05, 0.1) is 50.0 Å². The Morgan fingerprint density at radius 1 is 1.08 bits per heavy atom. The van der Waals surface area contributed by atoms with E-state index in [1.165, 1.54) is 28.5 Å². The van der Waals surface area contributed by atoms with Gasteiger partial charge in [-0.25, -0.2) is 4.98 Å². The van der Waals surface area contributed by atoms with Gasteiger partial charge in [0.2, 0.25) is 11.5 Å². The van der Waals surface area contributed by atoms with Crippen LogP contribution in [0, 0.1) is 11.8 Å². The van der Waals surface area contributed by atoms with Gasteiger partial charge in [-0.05, 0) is 79.1 Å². The van der Waals surface area contributed by atoms with Gasteiger partial charge in [-0.3, -0.25) is 19.3 Å². The van der Waals surface area contributed by atoms with Gasteiger partial charge < -0.3 is 39.1 Å². The number of fused-ring (bicyclic) bond motifs is 1. The van der Waals surface area contributed by atoms with Crippen LogP contribution in [0.4, 0.5) is 0 Å². The number of aromatic hydroxyl groups is 1. The van der Waals surface area contributed by atoms with E-state index in [9.17, 15) is 19.5 Å². The van der Waals surface area contributed by atoms with E-state index in [0.29, 0.717) is 75.2 Å². The minimum absolute atomic E-state index is 0.0172. The smallest absolute Gasteiger partial charge is 0.273 e. The fourth-order valence-corrected chi connectivity index (χ4v) is 9.71. The molecule has 0 aliphatic carbocycles. The summed E-state index contributed by atoms with van der Waals surface area (Å²) in [7, 11) is -0.396. The second-order valence-corrected chi connectivity index (χ2v) is 23.7. The number of morpholine rings is 1. The Kier molecular flexibility index (Phi) is 15.8. The van der Waals surface area contributed by atoms with Crippen LogP contribution >= 0.6 is 11.3 Å². The van der Waals surface area contributed by atoms with Crippen molar-refractivity contribution in [3.05, 3.63) is 91.7 Å². The number of rotatable bonds is 17. The molecule has 0 unspecified atom stereocenters. The van der Waals surface area contributed by atoms with Gasteiger partial charge in [0.1, 0.15) is 11.4 Å². The average molecular weight is 885 g/mol. The summed E-state index contributed by atoms with van der Waals surface area (Å²) in [5.74, 6) is 5.78. The summed E-state index contributed by atoms with van der Waals surface area (Å²) in [6.45, 7) is 19.7. The molecule has 1 atom stereocenters. The number of pyridine rings is 1. The lowest BCUT2D eigenvalue weighted by atomic mass is 9.89. The number of carbonyl (C=O) groups excluding carboxylic acids is 2. The predicted octanol–water partition coefficient (Wildman–Crippen LogP) is 6.33. The Morgan fingerprint density at radius 3 is 2.55 bits per heavy atom. The lowest BCUT2D eigenvalue weighted by Gasteiger charge is -2.47. The lowest BCUT2D eigenvalue weighted by Crippen LogP contribution is -2.58. The number of hydrogen-bond donors (Lipinski definition) is 3. The number of likely N-dealkylation sites (tertiary alicyclic amines) is 1. The van der Waals surface area contributed by atoms with Crippen molar-refractivity contribution in [2.75, 3.05) is 72.7 Å². The number of nitrogens with one attached hydrogen (secondary N) is 2. The third-order valence-corrected chi connectivity index (χ3v) is 17.8. The highest BCUT2D eigenvalue weighted by Crippen LogP contribution is 2.41. The molecule has 2 aliphatic heterocycles. The second kappa shape index (κ2) is 20.9. The number of phenols is 1. The summed E-state index contributed by atoms with van der Waals surface area (Å²) < 4.78 is 19.1. The largest absolute Gasteiger partial charge is 0.506 e. The summed E-state index contributed by atoms with van der Waals surface area (Å²) in [4.78, 5) is 51.5. The quantitative estimate of drug-likeness (QED) is 0.0625. The maximum absolute atomic E-state index is 13.2. The molecule has 2 aliphatic rings. The summed E-state index contributed by atoms with van der Waals surface area (Å²) in [5.41, 5.74) is 3.62. The first-order valence-corrected chi connectivity index (χ1v) is 25.5. The van der Waals surface area contributed by atoms with Crippen LogP contribution in [0.25, 0.3) is 10.9 Å². The molecule has 6 rings (SSSR count). The second-order valence-electron chi connectivity index (χ2n) is 18.0. The number of amides is 2. The number of aromatic nitrogens is 2. The van der Waals surface area contributed by atoms with Crippen molar-refractivity contribution < 1.29 is 28.6 Å². The van der Waals surface area contributed by atoms with Crippen molar-refractivity contribution in [1.29, 1.82) is 0 Å². The molecule has 334 valence electrons. The van der Waals surface area contributed by atoms with E-state index < -0.39 is 8.32 Å². The maximum atomic E-state index is 13.2. The van der Waals surface area contributed by atoms with Crippen molar-refractivity contribution in [1.82, 2.24) is 30.0 Å². The third kappa shape index (κ3) is 12.2. The minimum Gasteiger partial charge on any atom is -0.506 e. The highest BCUT2D eigenvalue weighted by molar-refractivity contribution is 7.10. The monoisotopic (exact) mass is 884 g/mol. The summed E-state index contributed by atoms with van der Waals surface area (Å²) in [6.07, 6.45) is 2.51. The first-order chi connectivity index (χ1) is 29.6. The van der Waals surface area contributed by atoms with Crippen LogP contribution < -0.4 is 10.9 Å². The Hall–Kier alpha value is -4.40. The number of hydrogen-bond acceptors (Lipinski definition) is 11. The van der Waals surface area contributed by atoms with Crippen molar-refractivity contribution in [2.45, 2.75) is 89.8 Å². The molecule has 1 spiro atoms. The molecule has 15 heteroatoms. The van der Waals surface area contributed by atoms with E-state index in [2.05, 4.69) is 90.2 Å². The molecular formula is C47H64N6O7SSi. The number of thiazole rings is 1. The molecule has 2 fully saturated rings. The van der Waals surface area contributed by atoms with Gasteiger partial charge in [-0.1, -0.05) is 57.0 Å². The van der Waals surface area contributed by atoms with Gasteiger partial charge in [-0.2, -0.15) is 0 Å². The van der Waals surface area contributed by atoms with Crippen LogP contribution in [-0.2, 0) is 31.7 Å². The summed E-state index contributed by atoms with van der Waals surface area (Å²) in [6, 6.07) is 15.4. The van der Waals surface area contributed by atoms with Crippen LogP contribution in [0.1, 0.15) is 85.2 Å². The molecule has 0 radical (unpaired) electrons. The highest BCUT2D eigenvalue weighted by Gasteiger charge is 2.42. The predicted molar refractivity (Wildman–Crippen MR) is 247 cm³/mol. The first-order valence-electron chi connectivity index (χ1n) is 21.7. The molecule has 0 bridgehead atoms. The van der Waals surface area contributed by atoms with Gasteiger partial charge in [0, 0.05) is 69.7 Å². The van der Waals surface area contributed by atoms with E-state index in [1.54, 1.807) is 29.3 Å². The van der Waals surface area contributed by atoms with Crippen LogP contribution in [0.3, 0.4) is 0 Å². The number of ether oxygens (including phenoxy) is 2. The van der Waals surface area contributed by atoms with E-state index in [0.717, 1.165) is 49.8 Å². The topological polar surface area (TPSA) is 150 Å². The van der Waals surface area contributed by atoms with E-state index in [1.807, 2.05) is 18.0 Å². The van der Waals surface area contributed by atoms with Gasteiger partial charge in [-0.15, -0.1) is 11.3 Å². The number of benzene rings is 2. The number of carbonyl (C=O) groups is 2. The molecule has 13 nitrogen and oxygen atoms in total. The number of H-pyrrole nitrogens is 1. The normalized spacial score (nSPS) is 16.3.